The zero-order valence-electron chi connectivity index (χ0n) is 17.0. The summed E-state index contributed by atoms with van der Waals surface area (Å²) in [7, 11) is 0. The molecule has 0 aliphatic heterocycles. The third kappa shape index (κ3) is 3.98. The Morgan fingerprint density at radius 2 is 2.14 bits per heavy atom. The van der Waals surface area contributed by atoms with Gasteiger partial charge in [0.1, 0.15) is 4.83 Å². The lowest BCUT2D eigenvalue weighted by molar-refractivity contribution is -0.113. The molecular formula is C22H25N3O2S2. The van der Waals surface area contributed by atoms with Crippen molar-refractivity contribution >= 4 is 44.9 Å². The summed E-state index contributed by atoms with van der Waals surface area (Å²) in [6.45, 7) is 6.65. The summed E-state index contributed by atoms with van der Waals surface area (Å²) >= 11 is 2.98. The van der Waals surface area contributed by atoms with E-state index in [1.165, 1.54) is 22.2 Å². The van der Waals surface area contributed by atoms with E-state index in [0.717, 1.165) is 52.7 Å². The van der Waals surface area contributed by atoms with Gasteiger partial charge in [-0.05, 0) is 62.3 Å². The number of nitrogens with one attached hydrogen (secondary N) is 1. The molecule has 0 unspecified atom stereocenters. The molecule has 2 heterocycles. The average Bonchev–Trinajstić information content (AvgIpc) is 3.26. The Morgan fingerprint density at radius 3 is 2.93 bits per heavy atom. The zero-order valence-corrected chi connectivity index (χ0v) is 18.6. The highest BCUT2D eigenvalue weighted by atomic mass is 32.2. The predicted octanol–water partition coefficient (Wildman–Crippen LogP) is 4.70. The molecule has 5 nitrogen and oxygen atoms in total. The summed E-state index contributed by atoms with van der Waals surface area (Å²) in [6, 6.07) is 6.01. The molecule has 152 valence electrons. The molecular weight excluding hydrogens is 402 g/mol. The molecule has 0 bridgehead atoms. The Bertz CT molecular complexity index is 1150. The maximum atomic E-state index is 13.2. The van der Waals surface area contributed by atoms with Gasteiger partial charge in [-0.2, -0.15) is 0 Å². The lowest BCUT2D eigenvalue weighted by Gasteiger charge is -2.12. The number of thiophene rings is 1. The van der Waals surface area contributed by atoms with E-state index in [9.17, 15) is 9.59 Å². The number of benzene rings is 1. The van der Waals surface area contributed by atoms with Gasteiger partial charge in [0.05, 0.1) is 11.1 Å². The topological polar surface area (TPSA) is 64.0 Å². The van der Waals surface area contributed by atoms with E-state index < -0.39 is 0 Å². The SMILES string of the molecule is CCCn1c(SCC(=O)Nc2cc(C)ccc2C)nc2sc3c(c2c1=O)CCC3. The maximum absolute atomic E-state index is 13.2. The van der Waals surface area contributed by atoms with Gasteiger partial charge in [0.15, 0.2) is 5.16 Å². The minimum absolute atomic E-state index is 0.0497. The molecule has 0 radical (unpaired) electrons. The third-order valence-corrected chi connectivity index (χ3v) is 7.40. The van der Waals surface area contributed by atoms with Gasteiger partial charge in [0.25, 0.3) is 5.56 Å². The van der Waals surface area contributed by atoms with E-state index in [4.69, 9.17) is 4.98 Å². The van der Waals surface area contributed by atoms with Crippen LogP contribution in [-0.4, -0.2) is 21.2 Å². The van der Waals surface area contributed by atoms with Gasteiger partial charge in [-0.25, -0.2) is 4.98 Å². The molecule has 1 aromatic carbocycles. The number of aryl methyl sites for hydroxylation is 4. The number of aromatic nitrogens is 2. The predicted molar refractivity (Wildman–Crippen MR) is 121 cm³/mol. The summed E-state index contributed by atoms with van der Waals surface area (Å²) < 4.78 is 1.75. The molecule has 0 saturated heterocycles. The monoisotopic (exact) mass is 427 g/mol. The number of anilines is 1. The fourth-order valence-electron chi connectivity index (χ4n) is 3.78. The van der Waals surface area contributed by atoms with Gasteiger partial charge >= 0.3 is 0 Å². The first-order chi connectivity index (χ1) is 14.0. The number of carbonyl (C=O) groups is 1. The van der Waals surface area contributed by atoms with Crippen molar-refractivity contribution in [1.82, 2.24) is 9.55 Å². The number of nitrogens with zero attached hydrogens (tertiary/aromatic N) is 2. The molecule has 1 aliphatic rings. The van der Waals surface area contributed by atoms with Gasteiger partial charge in [-0.1, -0.05) is 30.8 Å². The standard InChI is InChI=1S/C22H25N3O2S2/c1-4-10-25-21(27)19-15-6-5-7-17(15)29-20(19)24-22(25)28-12-18(26)23-16-11-13(2)8-9-14(16)3/h8-9,11H,4-7,10,12H2,1-3H3,(H,23,26). The Hall–Kier alpha value is -2.12. The normalized spacial score (nSPS) is 13.1. The molecule has 0 spiro atoms. The highest BCUT2D eigenvalue weighted by Crippen LogP contribution is 2.35. The van der Waals surface area contributed by atoms with Crippen molar-refractivity contribution in [2.45, 2.75) is 58.2 Å². The number of hydrogen-bond acceptors (Lipinski definition) is 5. The third-order valence-electron chi connectivity index (χ3n) is 5.24. The zero-order chi connectivity index (χ0) is 20.5. The number of carbonyl (C=O) groups excluding carboxylic acids is 1. The van der Waals surface area contributed by atoms with E-state index in [1.54, 1.807) is 15.9 Å². The maximum Gasteiger partial charge on any atom is 0.263 e. The summed E-state index contributed by atoms with van der Waals surface area (Å²) in [6.07, 6.45) is 3.99. The number of hydrogen-bond donors (Lipinski definition) is 1. The van der Waals surface area contributed by atoms with E-state index in [1.807, 2.05) is 32.0 Å². The molecule has 0 atom stereocenters. The summed E-state index contributed by atoms with van der Waals surface area (Å²) in [5, 5.41) is 4.43. The highest BCUT2D eigenvalue weighted by molar-refractivity contribution is 7.99. The van der Waals surface area contributed by atoms with Crippen molar-refractivity contribution in [3.05, 3.63) is 50.1 Å². The van der Waals surface area contributed by atoms with Crippen LogP contribution >= 0.6 is 23.1 Å². The second kappa shape index (κ2) is 8.32. The van der Waals surface area contributed by atoms with Crippen molar-refractivity contribution < 1.29 is 4.79 Å². The van der Waals surface area contributed by atoms with Crippen LogP contribution in [0, 0.1) is 13.8 Å². The molecule has 1 N–H and O–H groups in total. The quantitative estimate of drug-likeness (QED) is 0.457. The van der Waals surface area contributed by atoms with Gasteiger partial charge in [0.2, 0.25) is 5.91 Å². The Kier molecular flexibility index (Phi) is 5.79. The van der Waals surface area contributed by atoms with Crippen LogP contribution in [0.15, 0.2) is 28.2 Å². The molecule has 2 aromatic heterocycles. The first-order valence-corrected chi connectivity index (χ1v) is 11.8. The lowest BCUT2D eigenvalue weighted by Crippen LogP contribution is -2.24. The molecule has 7 heteroatoms. The average molecular weight is 428 g/mol. The van der Waals surface area contributed by atoms with Crippen LogP contribution < -0.4 is 10.9 Å². The second-order valence-corrected chi connectivity index (χ2v) is 9.57. The summed E-state index contributed by atoms with van der Waals surface area (Å²) in [4.78, 5) is 32.7. The van der Waals surface area contributed by atoms with Crippen LogP contribution in [0.5, 0.6) is 0 Å². The fraction of sp³-hybridized carbons (Fsp3) is 0.409. The van der Waals surface area contributed by atoms with Crippen molar-refractivity contribution in [1.29, 1.82) is 0 Å². The van der Waals surface area contributed by atoms with E-state index in [2.05, 4.69) is 12.2 Å². The number of fused-ring (bicyclic) bond motifs is 3. The van der Waals surface area contributed by atoms with Gasteiger partial charge < -0.3 is 5.32 Å². The van der Waals surface area contributed by atoms with Crippen LogP contribution in [0.3, 0.4) is 0 Å². The van der Waals surface area contributed by atoms with Crippen molar-refractivity contribution in [3.8, 4) is 0 Å². The molecule has 3 aromatic rings. The minimum Gasteiger partial charge on any atom is -0.325 e. The molecule has 0 fully saturated rings. The fourth-order valence-corrected chi connectivity index (χ4v) is 5.90. The summed E-state index contributed by atoms with van der Waals surface area (Å²) in [5.41, 5.74) is 4.22. The van der Waals surface area contributed by atoms with Crippen molar-refractivity contribution in [2.75, 3.05) is 11.1 Å². The van der Waals surface area contributed by atoms with Crippen LogP contribution in [0.4, 0.5) is 5.69 Å². The Labute approximate surface area is 178 Å². The van der Waals surface area contributed by atoms with Crippen LogP contribution in [0.2, 0.25) is 0 Å². The highest BCUT2D eigenvalue weighted by Gasteiger charge is 2.23. The minimum atomic E-state index is -0.0882. The first kappa shape index (κ1) is 20.2. The van der Waals surface area contributed by atoms with Gasteiger partial charge in [-0.15, -0.1) is 11.3 Å². The second-order valence-electron chi connectivity index (χ2n) is 7.54. The van der Waals surface area contributed by atoms with Crippen LogP contribution in [-0.2, 0) is 24.2 Å². The number of rotatable bonds is 6. The molecule has 4 rings (SSSR count). The Morgan fingerprint density at radius 1 is 1.31 bits per heavy atom. The van der Waals surface area contributed by atoms with E-state index in [-0.39, 0.29) is 17.2 Å². The molecule has 29 heavy (non-hydrogen) atoms. The number of amides is 1. The van der Waals surface area contributed by atoms with Crippen LogP contribution in [0.25, 0.3) is 10.2 Å². The molecule has 1 aliphatic carbocycles. The number of thioether (sulfide) groups is 1. The van der Waals surface area contributed by atoms with Gasteiger partial charge in [-0.3, -0.25) is 14.2 Å². The van der Waals surface area contributed by atoms with Gasteiger partial charge in [0, 0.05) is 17.1 Å². The first-order valence-electron chi connectivity index (χ1n) is 10.0. The Balaban J connectivity index is 1.58. The van der Waals surface area contributed by atoms with E-state index in [0.29, 0.717) is 11.7 Å². The van der Waals surface area contributed by atoms with E-state index >= 15 is 0 Å². The molecule has 1 amide bonds. The largest absolute Gasteiger partial charge is 0.325 e. The van der Waals surface area contributed by atoms with Crippen molar-refractivity contribution in [3.63, 3.8) is 0 Å². The summed E-state index contributed by atoms with van der Waals surface area (Å²) in [5.74, 6) is 0.134. The smallest absolute Gasteiger partial charge is 0.263 e. The van der Waals surface area contributed by atoms with Crippen molar-refractivity contribution in [2.24, 2.45) is 0 Å². The molecule has 0 saturated carbocycles. The van der Waals surface area contributed by atoms with Crippen LogP contribution in [0.1, 0.15) is 41.3 Å². The lowest BCUT2D eigenvalue weighted by atomic mass is 10.1.